The first-order chi connectivity index (χ1) is 11.8. The Bertz CT molecular complexity index is 855. The summed E-state index contributed by atoms with van der Waals surface area (Å²) in [4.78, 5) is 11.8. The molecule has 0 radical (unpaired) electrons. The summed E-state index contributed by atoms with van der Waals surface area (Å²) in [5.74, 6) is 0.728. The van der Waals surface area contributed by atoms with E-state index in [1.54, 1.807) is 24.3 Å². The molecule has 0 fully saturated rings. The molecule has 2 aromatic rings. The Morgan fingerprint density at radius 1 is 1.08 bits per heavy atom. The third-order valence-corrected chi connectivity index (χ3v) is 5.82. The molecule has 2 aromatic carbocycles. The molecule has 0 bridgehead atoms. The molecule has 1 unspecified atom stereocenters. The minimum Gasteiger partial charge on any atom is -0.497 e. The van der Waals surface area contributed by atoms with E-state index in [1.807, 2.05) is 0 Å². The van der Waals surface area contributed by atoms with Crippen molar-refractivity contribution < 1.29 is 22.7 Å². The van der Waals surface area contributed by atoms with Crippen molar-refractivity contribution >= 4 is 32.6 Å². The minimum atomic E-state index is -4.04. The lowest BCUT2D eigenvalue weighted by Gasteiger charge is -2.29. The highest BCUT2D eigenvalue weighted by atomic mass is 35.5. The first kappa shape index (κ1) is 19.1. The van der Waals surface area contributed by atoms with E-state index in [0.29, 0.717) is 5.75 Å². The largest absolute Gasteiger partial charge is 0.497 e. The number of anilines is 1. The number of halogens is 1. The van der Waals surface area contributed by atoms with Gasteiger partial charge in [-0.05, 0) is 42.8 Å². The van der Waals surface area contributed by atoms with Crippen LogP contribution in [0.1, 0.15) is 6.92 Å². The molecule has 0 amide bonds. The van der Waals surface area contributed by atoms with E-state index in [9.17, 15) is 13.2 Å². The van der Waals surface area contributed by atoms with Gasteiger partial charge in [-0.2, -0.15) is 0 Å². The zero-order valence-corrected chi connectivity index (χ0v) is 15.5. The maximum Gasteiger partial charge on any atom is 0.265 e. The third-order valence-electron chi connectivity index (χ3n) is 3.60. The van der Waals surface area contributed by atoms with Gasteiger partial charge in [0.1, 0.15) is 17.5 Å². The molecule has 8 heteroatoms. The Kier molecular flexibility index (Phi) is 5.92. The van der Waals surface area contributed by atoms with Crippen molar-refractivity contribution in [2.45, 2.75) is 17.9 Å². The van der Waals surface area contributed by atoms with Crippen LogP contribution in [0, 0.1) is 0 Å². The molecule has 0 aliphatic rings. The molecule has 0 spiro atoms. The van der Waals surface area contributed by atoms with Crippen molar-refractivity contribution in [3.05, 3.63) is 48.5 Å². The summed E-state index contributed by atoms with van der Waals surface area (Å²) in [6.07, 6.45) is 0. The molecule has 1 atom stereocenters. The second-order valence-electron chi connectivity index (χ2n) is 5.13. The van der Waals surface area contributed by atoms with Gasteiger partial charge in [-0.25, -0.2) is 8.42 Å². The SMILES string of the molecule is COc1ccc(N(C(C)C(=O)Cl)S(=O)(=O)c2ccccc2)c(OC)c1. The van der Waals surface area contributed by atoms with Crippen molar-refractivity contribution in [1.29, 1.82) is 0 Å². The van der Waals surface area contributed by atoms with Crippen LogP contribution >= 0.6 is 11.6 Å². The van der Waals surface area contributed by atoms with E-state index in [2.05, 4.69) is 0 Å². The van der Waals surface area contributed by atoms with Crippen LogP contribution in [0.4, 0.5) is 5.69 Å². The van der Waals surface area contributed by atoms with E-state index in [1.165, 1.54) is 45.4 Å². The zero-order chi connectivity index (χ0) is 18.6. The molecule has 0 N–H and O–H groups in total. The highest BCUT2D eigenvalue weighted by Gasteiger charge is 2.34. The zero-order valence-electron chi connectivity index (χ0n) is 14.0. The van der Waals surface area contributed by atoms with Crippen LogP contribution in [-0.4, -0.2) is 33.9 Å². The summed E-state index contributed by atoms with van der Waals surface area (Å²) in [6.45, 7) is 1.42. The predicted molar refractivity (Wildman–Crippen MR) is 96.0 cm³/mol. The normalized spacial score (nSPS) is 12.3. The Morgan fingerprint density at radius 2 is 1.72 bits per heavy atom. The second-order valence-corrected chi connectivity index (χ2v) is 7.32. The molecular formula is C17H18ClNO5S. The highest BCUT2D eigenvalue weighted by Crippen LogP contribution is 2.37. The topological polar surface area (TPSA) is 72.9 Å². The number of methoxy groups -OCH3 is 2. The fourth-order valence-corrected chi connectivity index (χ4v) is 4.12. The summed E-state index contributed by atoms with van der Waals surface area (Å²) in [5, 5.41) is -0.808. The van der Waals surface area contributed by atoms with Gasteiger partial charge in [0.15, 0.2) is 0 Å². The van der Waals surface area contributed by atoms with E-state index < -0.39 is 21.3 Å². The lowest BCUT2D eigenvalue weighted by Crippen LogP contribution is -2.42. The van der Waals surface area contributed by atoms with E-state index >= 15 is 0 Å². The molecule has 0 saturated heterocycles. The van der Waals surface area contributed by atoms with Gasteiger partial charge in [0.25, 0.3) is 10.0 Å². The average molecular weight is 384 g/mol. The lowest BCUT2D eigenvalue weighted by atomic mass is 10.2. The predicted octanol–water partition coefficient (Wildman–Crippen LogP) is 3.05. The average Bonchev–Trinajstić information content (AvgIpc) is 2.62. The van der Waals surface area contributed by atoms with Crippen LogP contribution in [-0.2, 0) is 14.8 Å². The van der Waals surface area contributed by atoms with Crippen molar-refractivity contribution in [2.75, 3.05) is 18.5 Å². The summed E-state index contributed by atoms with van der Waals surface area (Å²) in [5.41, 5.74) is 0.189. The summed E-state index contributed by atoms with van der Waals surface area (Å²) >= 11 is 5.61. The Hall–Kier alpha value is -2.25. The monoisotopic (exact) mass is 383 g/mol. The molecule has 0 saturated carbocycles. The molecule has 0 aliphatic heterocycles. The first-order valence-corrected chi connectivity index (χ1v) is 9.15. The number of rotatable bonds is 7. The molecule has 0 aromatic heterocycles. The number of ether oxygens (including phenoxy) is 2. The molecule has 0 aliphatic carbocycles. The number of hydrogen-bond acceptors (Lipinski definition) is 5. The van der Waals surface area contributed by atoms with Crippen LogP contribution < -0.4 is 13.8 Å². The lowest BCUT2D eigenvalue weighted by molar-refractivity contribution is -0.112. The number of nitrogens with zero attached hydrogens (tertiary/aromatic N) is 1. The number of benzene rings is 2. The molecular weight excluding hydrogens is 366 g/mol. The van der Waals surface area contributed by atoms with Gasteiger partial charge in [-0.3, -0.25) is 9.10 Å². The van der Waals surface area contributed by atoms with E-state index in [0.717, 1.165) is 4.31 Å². The van der Waals surface area contributed by atoms with Crippen LogP contribution in [0.2, 0.25) is 0 Å². The van der Waals surface area contributed by atoms with Crippen molar-refractivity contribution in [1.82, 2.24) is 0 Å². The molecule has 6 nitrogen and oxygen atoms in total. The van der Waals surface area contributed by atoms with Crippen LogP contribution in [0.5, 0.6) is 11.5 Å². The summed E-state index contributed by atoms with van der Waals surface area (Å²) in [7, 11) is -1.16. The minimum absolute atomic E-state index is 0.0395. The number of sulfonamides is 1. The van der Waals surface area contributed by atoms with E-state index in [4.69, 9.17) is 21.1 Å². The Morgan fingerprint density at radius 3 is 2.24 bits per heavy atom. The van der Waals surface area contributed by atoms with Gasteiger partial charge >= 0.3 is 0 Å². The quantitative estimate of drug-likeness (QED) is 0.687. The van der Waals surface area contributed by atoms with Crippen LogP contribution in [0.25, 0.3) is 0 Å². The Balaban J connectivity index is 2.69. The molecule has 0 heterocycles. The Labute approximate surface area is 152 Å². The van der Waals surface area contributed by atoms with Gasteiger partial charge in [0.05, 0.1) is 24.8 Å². The summed E-state index contributed by atoms with van der Waals surface area (Å²) in [6, 6.07) is 11.3. The molecule has 25 heavy (non-hydrogen) atoms. The standard InChI is InChI=1S/C17H18ClNO5S/c1-12(17(18)20)19(25(21,22)14-7-5-4-6-8-14)15-10-9-13(23-2)11-16(15)24-3/h4-12H,1-3H3. The van der Waals surface area contributed by atoms with Gasteiger partial charge in [0, 0.05) is 6.07 Å². The van der Waals surface area contributed by atoms with Gasteiger partial charge in [-0.15, -0.1) is 0 Å². The van der Waals surface area contributed by atoms with E-state index in [-0.39, 0.29) is 16.3 Å². The smallest absolute Gasteiger partial charge is 0.265 e. The third kappa shape index (κ3) is 3.88. The van der Waals surface area contributed by atoms with Gasteiger partial charge < -0.3 is 9.47 Å². The molecule has 134 valence electrons. The van der Waals surface area contributed by atoms with Gasteiger partial charge in [-0.1, -0.05) is 18.2 Å². The first-order valence-electron chi connectivity index (χ1n) is 7.33. The fourth-order valence-electron chi connectivity index (χ4n) is 2.31. The maximum absolute atomic E-state index is 13.1. The number of hydrogen-bond donors (Lipinski definition) is 0. The highest BCUT2D eigenvalue weighted by molar-refractivity contribution is 7.93. The van der Waals surface area contributed by atoms with Crippen molar-refractivity contribution in [3.8, 4) is 11.5 Å². The van der Waals surface area contributed by atoms with Crippen LogP contribution in [0.15, 0.2) is 53.4 Å². The van der Waals surface area contributed by atoms with Crippen LogP contribution in [0.3, 0.4) is 0 Å². The number of carbonyl (C=O) groups excluding carboxylic acids is 1. The van der Waals surface area contributed by atoms with Crippen molar-refractivity contribution in [2.24, 2.45) is 0 Å². The summed E-state index contributed by atoms with van der Waals surface area (Å²) < 4.78 is 37.6. The number of carbonyl (C=O) groups is 1. The maximum atomic E-state index is 13.1. The van der Waals surface area contributed by atoms with Gasteiger partial charge in [0.2, 0.25) is 5.24 Å². The second kappa shape index (κ2) is 7.76. The molecule has 2 rings (SSSR count). The fraction of sp³-hybridized carbons (Fsp3) is 0.235. The van der Waals surface area contributed by atoms with Crippen molar-refractivity contribution in [3.63, 3.8) is 0 Å².